The maximum absolute atomic E-state index is 13.8. The first kappa shape index (κ1) is 23.6. The Balaban J connectivity index is 1.64. The Morgan fingerprint density at radius 2 is 1.78 bits per heavy atom. The number of amides is 1. The van der Waals surface area contributed by atoms with Crippen LogP contribution in [-0.4, -0.2) is 28.0 Å². The Kier molecular flexibility index (Phi) is 7.37. The van der Waals surface area contributed by atoms with Crippen LogP contribution >= 0.6 is 15.9 Å². The molecule has 3 aromatic rings. The largest absolute Gasteiger partial charge is 0.497 e. The third-order valence-corrected chi connectivity index (χ3v) is 6.24. The summed E-state index contributed by atoms with van der Waals surface area (Å²) in [6.45, 7) is 1.29. The highest BCUT2D eigenvalue weighted by Gasteiger charge is 2.16. The standard InChI is InChI=1S/C22H20BrFN2O5S/c1-14-11-18(32(28,29)26-16-4-6-17(30-2)7-5-16)8-10-21(14)31-13-22(27)25-20-9-3-15(23)12-19(20)24/h3-12,26H,13H2,1-2H3,(H,25,27). The van der Waals surface area contributed by atoms with Crippen molar-refractivity contribution >= 4 is 43.2 Å². The number of sulfonamides is 1. The molecule has 0 heterocycles. The lowest BCUT2D eigenvalue weighted by Crippen LogP contribution is -2.21. The van der Waals surface area contributed by atoms with Crippen LogP contribution in [0.2, 0.25) is 0 Å². The van der Waals surface area contributed by atoms with Gasteiger partial charge in [0.15, 0.2) is 6.61 Å². The van der Waals surface area contributed by atoms with E-state index in [2.05, 4.69) is 26.0 Å². The van der Waals surface area contributed by atoms with Crippen LogP contribution in [0.5, 0.6) is 11.5 Å². The van der Waals surface area contributed by atoms with Gasteiger partial charge in [0.25, 0.3) is 15.9 Å². The summed E-state index contributed by atoms with van der Waals surface area (Å²) in [5.41, 5.74) is 0.940. The predicted molar refractivity (Wildman–Crippen MR) is 123 cm³/mol. The summed E-state index contributed by atoms with van der Waals surface area (Å²) in [6, 6.07) is 15.0. The molecule has 0 fully saturated rings. The van der Waals surface area contributed by atoms with Crippen LogP contribution < -0.4 is 19.5 Å². The maximum atomic E-state index is 13.8. The molecule has 0 radical (unpaired) electrons. The van der Waals surface area contributed by atoms with Crippen LogP contribution in [0, 0.1) is 12.7 Å². The summed E-state index contributed by atoms with van der Waals surface area (Å²) >= 11 is 3.15. The monoisotopic (exact) mass is 522 g/mol. The van der Waals surface area contributed by atoms with Gasteiger partial charge in [-0.3, -0.25) is 9.52 Å². The molecule has 0 saturated carbocycles. The molecule has 7 nitrogen and oxygen atoms in total. The summed E-state index contributed by atoms with van der Waals surface area (Å²) in [7, 11) is -2.30. The van der Waals surface area contributed by atoms with Gasteiger partial charge in [0, 0.05) is 10.2 Å². The number of nitrogens with one attached hydrogen (secondary N) is 2. The highest BCUT2D eigenvalue weighted by Crippen LogP contribution is 2.25. The summed E-state index contributed by atoms with van der Waals surface area (Å²) in [6.07, 6.45) is 0. The van der Waals surface area contributed by atoms with Crippen molar-refractivity contribution in [1.29, 1.82) is 0 Å². The molecule has 0 unspecified atom stereocenters. The minimum absolute atomic E-state index is 0.0320. The molecule has 32 heavy (non-hydrogen) atoms. The van der Waals surface area contributed by atoms with Gasteiger partial charge in [-0.05, 0) is 73.2 Å². The normalized spacial score (nSPS) is 11.0. The molecule has 0 spiro atoms. The molecule has 3 aromatic carbocycles. The molecule has 1 amide bonds. The van der Waals surface area contributed by atoms with Gasteiger partial charge in [0.2, 0.25) is 0 Å². The highest BCUT2D eigenvalue weighted by molar-refractivity contribution is 9.10. The lowest BCUT2D eigenvalue weighted by Gasteiger charge is -2.13. The van der Waals surface area contributed by atoms with Crippen LogP contribution in [0.3, 0.4) is 0 Å². The first-order valence-corrected chi connectivity index (χ1v) is 11.6. The molecule has 168 valence electrons. The minimum atomic E-state index is -3.82. The Morgan fingerprint density at radius 3 is 2.41 bits per heavy atom. The van der Waals surface area contributed by atoms with Gasteiger partial charge in [0.1, 0.15) is 17.3 Å². The summed E-state index contributed by atoms with van der Waals surface area (Å²) in [5, 5.41) is 2.42. The molecule has 10 heteroatoms. The average Bonchev–Trinajstić information content (AvgIpc) is 2.75. The van der Waals surface area contributed by atoms with Crippen molar-refractivity contribution in [2.24, 2.45) is 0 Å². The van der Waals surface area contributed by atoms with Crippen molar-refractivity contribution in [1.82, 2.24) is 0 Å². The van der Waals surface area contributed by atoms with E-state index in [1.54, 1.807) is 37.3 Å². The van der Waals surface area contributed by atoms with Gasteiger partial charge in [0.05, 0.1) is 17.7 Å². The lowest BCUT2D eigenvalue weighted by molar-refractivity contribution is -0.118. The van der Waals surface area contributed by atoms with E-state index in [9.17, 15) is 17.6 Å². The van der Waals surface area contributed by atoms with E-state index in [1.165, 1.54) is 37.4 Å². The quantitative estimate of drug-likeness (QED) is 0.446. The Labute approximate surface area is 193 Å². The van der Waals surface area contributed by atoms with Gasteiger partial charge in [-0.15, -0.1) is 0 Å². The van der Waals surface area contributed by atoms with E-state index in [-0.39, 0.29) is 17.2 Å². The summed E-state index contributed by atoms with van der Waals surface area (Å²) in [5.74, 6) is -0.191. The molecule has 3 rings (SSSR count). The van der Waals surface area contributed by atoms with Crippen molar-refractivity contribution in [2.45, 2.75) is 11.8 Å². The lowest BCUT2D eigenvalue weighted by atomic mass is 10.2. The van der Waals surface area contributed by atoms with E-state index in [0.29, 0.717) is 27.2 Å². The smallest absolute Gasteiger partial charge is 0.262 e. The van der Waals surface area contributed by atoms with Crippen LogP contribution in [0.4, 0.5) is 15.8 Å². The first-order chi connectivity index (χ1) is 15.2. The van der Waals surface area contributed by atoms with Crippen LogP contribution in [-0.2, 0) is 14.8 Å². The van der Waals surface area contributed by atoms with Crippen LogP contribution in [0.15, 0.2) is 70.0 Å². The van der Waals surface area contributed by atoms with Crippen molar-refractivity contribution in [3.05, 3.63) is 76.5 Å². The van der Waals surface area contributed by atoms with Crippen molar-refractivity contribution in [3.8, 4) is 11.5 Å². The second-order valence-corrected chi connectivity index (χ2v) is 9.32. The van der Waals surface area contributed by atoms with E-state index in [1.807, 2.05) is 0 Å². The van der Waals surface area contributed by atoms with E-state index < -0.39 is 21.7 Å². The van der Waals surface area contributed by atoms with Crippen molar-refractivity contribution in [3.63, 3.8) is 0 Å². The number of carbonyl (C=O) groups excluding carboxylic acids is 1. The van der Waals surface area contributed by atoms with Gasteiger partial charge in [-0.2, -0.15) is 0 Å². The third-order valence-electron chi connectivity index (χ3n) is 4.36. The van der Waals surface area contributed by atoms with Gasteiger partial charge < -0.3 is 14.8 Å². The number of ether oxygens (including phenoxy) is 2. The maximum Gasteiger partial charge on any atom is 0.262 e. The number of carbonyl (C=O) groups is 1. The molecule has 0 aliphatic rings. The number of hydrogen-bond donors (Lipinski definition) is 2. The SMILES string of the molecule is COc1ccc(NS(=O)(=O)c2ccc(OCC(=O)Nc3ccc(Br)cc3F)c(C)c2)cc1. The fourth-order valence-electron chi connectivity index (χ4n) is 2.74. The minimum Gasteiger partial charge on any atom is -0.497 e. The molecule has 0 saturated heterocycles. The van der Waals surface area contributed by atoms with E-state index >= 15 is 0 Å². The van der Waals surface area contributed by atoms with Gasteiger partial charge >= 0.3 is 0 Å². The Morgan fingerprint density at radius 1 is 1.06 bits per heavy atom. The zero-order valence-corrected chi connectivity index (χ0v) is 19.6. The van der Waals surface area contributed by atoms with Crippen LogP contribution in [0.1, 0.15) is 5.56 Å². The average molecular weight is 523 g/mol. The Hall–Kier alpha value is -3.11. The molecule has 0 aliphatic heterocycles. The number of benzene rings is 3. The van der Waals surface area contributed by atoms with Crippen molar-refractivity contribution < 1.29 is 27.1 Å². The molecular formula is C22H20BrFN2O5S. The van der Waals surface area contributed by atoms with Gasteiger partial charge in [-0.25, -0.2) is 12.8 Å². The zero-order chi connectivity index (χ0) is 23.3. The second-order valence-electron chi connectivity index (χ2n) is 6.72. The van der Waals surface area contributed by atoms with E-state index in [0.717, 1.165) is 0 Å². The molecule has 0 aliphatic carbocycles. The van der Waals surface area contributed by atoms with Gasteiger partial charge in [-0.1, -0.05) is 15.9 Å². The number of aryl methyl sites for hydroxylation is 1. The number of hydrogen-bond acceptors (Lipinski definition) is 5. The fourth-order valence-corrected chi connectivity index (χ4v) is 4.22. The topological polar surface area (TPSA) is 93.7 Å². The van der Waals surface area contributed by atoms with Crippen molar-refractivity contribution in [2.75, 3.05) is 23.8 Å². The molecule has 0 atom stereocenters. The number of halogens is 2. The Bertz CT molecular complexity index is 1230. The zero-order valence-electron chi connectivity index (χ0n) is 17.2. The number of methoxy groups -OCH3 is 1. The van der Waals surface area contributed by atoms with Crippen LogP contribution in [0.25, 0.3) is 0 Å². The molecule has 2 N–H and O–H groups in total. The predicted octanol–water partition coefficient (Wildman–Crippen LogP) is 4.72. The summed E-state index contributed by atoms with van der Waals surface area (Å²) in [4.78, 5) is 12.1. The molecule has 0 bridgehead atoms. The molecule has 0 aromatic heterocycles. The second kappa shape index (κ2) is 10.0. The van der Waals surface area contributed by atoms with E-state index in [4.69, 9.17) is 9.47 Å². The highest BCUT2D eigenvalue weighted by atomic mass is 79.9. The molecular weight excluding hydrogens is 503 g/mol. The third kappa shape index (κ3) is 5.98. The number of anilines is 2. The summed E-state index contributed by atoms with van der Waals surface area (Å²) < 4.78 is 52.7. The number of rotatable bonds is 8. The fraction of sp³-hybridized carbons (Fsp3) is 0.136. The first-order valence-electron chi connectivity index (χ1n) is 9.33.